The molecule has 3 rings (SSSR count). The van der Waals surface area contributed by atoms with Crippen LogP contribution in [0.4, 0.5) is 5.69 Å². The van der Waals surface area contributed by atoms with Gasteiger partial charge in [0.1, 0.15) is 6.07 Å². The molecule has 0 bridgehead atoms. The molecule has 2 aromatic heterocycles. The largest absolute Gasteiger partial charge is 0.358 e. The summed E-state index contributed by atoms with van der Waals surface area (Å²) < 4.78 is 4.59. The van der Waals surface area contributed by atoms with Crippen molar-refractivity contribution in [2.24, 2.45) is 0 Å². The lowest BCUT2D eigenvalue weighted by molar-refractivity contribution is 1.44. The third-order valence-electron chi connectivity index (χ3n) is 3.14. The molecule has 0 atom stereocenters. The first-order valence-electron chi connectivity index (χ1n) is 7.19. The molecule has 0 amide bonds. The van der Waals surface area contributed by atoms with Gasteiger partial charge in [-0.05, 0) is 49.6 Å². The molecule has 2 heterocycles. The van der Waals surface area contributed by atoms with E-state index in [0.29, 0.717) is 5.56 Å². The predicted octanol–water partition coefficient (Wildman–Crippen LogP) is 5.86. The Balaban J connectivity index is 0.000000847. The van der Waals surface area contributed by atoms with E-state index in [4.69, 9.17) is 5.26 Å². The Hall–Kier alpha value is -1.90. The molecule has 0 aliphatic rings. The van der Waals surface area contributed by atoms with Crippen molar-refractivity contribution in [1.29, 1.82) is 5.26 Å². The van der Waals surface area contributed by atoms with Gasteiger partial charge in [0.2, 0.25) is 0 Å². The number of hydrogen-bond acceptors (Lipinski definition) is 4. The number of nitrogens with one attached hydrogen (secondary N) is 2. The Kier molecular flexibility index (Phi) is 5.53. The summed E-state index contributed by atoms with van der Waals surface area (Å²) in [4.78, 5) is 4.50. The van der Waals surface area contributed by atoms with Gasteiger partial charge in [-0.25, -0.2) is 0 Å². The number of hydrogen-bond donors (Lipinski definition) is 2. The number of nitrogens with zero attached hydrogens (tertiary/aromatic N) is 1. The van der Waals surface area contributed by atoms with E-state index >= 15 is 0 Å². The van der Waals surface area contributed by atoms with Gasteiger partial charge in [-0.2, -0.15) is 5.26 Å². The Bertz CT molecular complexity index is 809. The van der Waals surface area contributed by atoms with E-state index < -0.39 is 0 Å². The fourth-order valence-electron chi connectivity index (χ4n) is 2.17. The van der Waals surface area contributed by atoms with E-state index in [1.807, 2.05) is 32.9 Å². The molecule has 2 N–H and O–H groups in total. The van der Waals surface area contributed by atoms with E-state index in [-0.39, 0.29) is 0 Å². The van der Waals surface area contributed by atoms with Crippen LogP contribution in [0.1, 0.15) is 29.9 Å². The van der Waals surface area contributed by atoms with Crippen molar-refractivity contribution in [3.8, 4) is 6.07 Å². The van der Waals surface area contributed by atoms with Crippen LogP contribution in [0.15, 0.2) is 34.7 Å². The van der Waals surface area contributed by atoms with Crippen LogP contribution in [0.2, 0.25) is 0 Å². The minimum absolute atomic E-state index is 0.693. The van der Waals surface area contributed by atoms with Crippen LogP contribution in [0.5, 0.6) is 0 Å². The van der Waals surface area contributed by atoms with Crippen LogP contribution in [0.3, 0.4) is 0 Å². The molecule has 1 aromatic carbocycles. The Morgan fingerprint density at radius 1 is 1.18 bits per heavy atom. The number of aromatic amines is 1. The van der Waals surface area contributed by atoms with Gasteiger partial charge in [0, 0.05) is 16.5 Å². The van der Waals surface area contributed by atoms with E-state index in [0.717, 1.165) is 22.2 Å². The van der Waals surface area contributed by atoms with Gasteiger partial charge in [-0.3, -0.25) is 0 Å². The Labute approximate surface area is 139 Å². The van der Waals surface area contributed by atoms with Crippen molar-refractivity contribution in [3.05, 3.63) is 46.5 Å². The van der Waals surface area contributed by atoms with Crippen LogP contribution < -0.4 is 4.72 Å². The van der Waals surface area contributed by atoms with Crippen molar-refractivity contribution >= 4 is 39.9 Å². The second-order valence-electron chi connectivity index (χ2n) is 4.56. The fourth-order valence-corrected chi connectivity index (χ4v) is 3.96. The van der Waals surface area contributed by atoms with E-state index in [1.54, 1.807) is 29.5 Å². The van der Waals surface area contributed by atoms with E-state index in [1.165, 1.54) is 9.09 Å². The maximum atomic E-state index is 9.16. The molecule has 0 unspecified atom stereocenters. The Morgan fingerprint density at radius 3 is 2.59 bits per heavy atom. The zero-order chi connectivity index (χ0) is 16.1. The van der Waals surface area contributed by atoms with Gasteiger partial charge in [-0.1, -0.05) is 19.9 Å². The normalized spacial score (nSPS) is 9.95. The number of thiophene rings is 1. The first-order valence-corrected chi connectivity index (χ1v) is 8.82. The molecule has 0 fully saturated rings. The molecule has 0 radical (unpaired) electrons. The molecule has 0 aliphatic carbocycles. The SMILES string of the molecule is CC.Cc1ccc(SNc2ccc(C)c3c(C#N)c[nH]c23)s1. The number of H-pyrrole nitrogens is 1. The number of nitriles is 1. The van der Waals surface area contributed by atoms with Gasteiger partial charge in [0.05, 0.1) is 21.0 Å². The number of benzene rings is 1. The minimum atomic E-state index is 0.693. The molecular formula is C17H19N3S2. The van der Waals surface area contributed by atoms with Crippen LogP contribution in [-0.2, 0) is 0 Å². The molecule has 3 nitrogen and oxygen atoms in total. The number of fused-ring (bicyclic) bond motifs is 1. The highest BCUT2D eigenvalue weighted by molar-refractivity contribution is 8.02. The lowest BCUT2D eigenvalue weighted by Gasteiger charge is -2.07. The molecule has 0 saturated carbocycles. The molecule has 0 aliphatic heterocycles. The molecule has 0 saturated heterocycles. The quantitative estimate of drug-likeness (QED) is 0.591. The lowest BCUT2D eigenvalue weighted by atomic mass is 10.1. The third kappa shape index (κ3) is 3.29. The number of aryl methyl sites for hydroxylation is 2. The number of anilines is 1. The average molecular weight is 329 g/mol. The van der Waals surface area contributed by atoms with Gasteiger partial charge in [0.15, 0.2) is 0 Å². The minimum Gasteiger partial charge on any atom is -0.358 e. The molecular weight excluding hydrogens is 310 g/mol. The second kappa shape index (κ2) is 7.39. The summed E-state index contributed by atoms with van der Waals surface area (Å²) in [7, 11) is 0. The predicted molar refractivity (Wildman–Crippen MR) is 97.6 cm³/mol. The number of rotatable bonds is 3. The molecule has 5 heteroatoms. The maximum absolute atomic E-state index is 9.16. The monoisotopic (exact) mass is 329 g/mol. The van der Waals surface area contributed by atoms with Crippen molar-refractivity contribution in [1.82, 2.24) is 4.98 Å². The first kappa shape index (κ1) is 16.5. The van der Waals surface area contributed by atoms with Crippen molar-refractivity contribution < 1.29 is 0 Å². The highest BCUT2D eigenvalue weighted by Gasteiger charge is 2.10. The van der Waals surface area contributed by atoms with Gasteiger partial charge in [-0.15, -0.1) is 11.3 Å². The highest BCUT2D eigenvalue weighted by Crippen LogP contribution is 2.33. The third-order valence-corrected chi connectivity index (χ3v) is 5.10. The van der Waals surface area contributed by atoms with Crippen LogP contribution in [-0.4, -0.2) is 4.98 Å². The van der Waals surface area contributed by atoms with Crippen molar-refractivity contribution in [3.63, 3.8) is 0 Å². The summed E-state index contributed by atoms with van der Waals surface area (Å²) in [5.74, 6) is 0. The lowest BCUT2D eigenvalue weighted by Crippen LogP contribution is -1.88. The number of aromatic nitrogens is 1. The van der Waals surface area contributed by atoms with Crippen molar-refractivity contribution in [2.75, 3.05) is 4.72 Å². The maximum Gasteiger partial charge on any atom is 0.101 e. The average Bonchev–Trinajstić information content (AvgIpc) is 3.15. The summed E-state index contributed by atoms with van der Waals surface area (Å²) in [5, 5.41) is 10.2. The molecule has 22 heavy (non-hydrogen) atoms. The van der Waals surface area contributed by atoms with Crippen LogP contribution in [0.25, 0.3) is 10.9 Å². The van der Waals surface area contributed by atoms with Gasteiger partial charge in [0.25, 0.3) is 0 Å². The molecule has 0 spiro atoms. The van der Waals surface area contributed by atoms with Gasteiger partial charge < -0.3 is 9.71 Å². The van der Waals surface area contributed by atoms with E-state index in [9.17, 15) is 0 Å². The fraction of sp³-hybridized carbons (Fsp3) is 0.235. The summed E-state index contributed by atoms with van der Waals surface area (Å²) in [6.07, 6.45) is 1.77. The van der Waals surface area contributed by atoms with Crippen LogP contribution >= 0.6 is 23.3 Å². The van der Waals surface area contributed by atoms with E-state index in [2.05, 4.69) is 34.8 Å². The second-order valence-corrected chi connectivity index (χ2v) is 6.96. The summed E-state index contributed by atoms with van der Waals surface area (Å²) in [5.41, 5.74) is 3.80. The molecule has 114 valence electrons. The topological polar surface area (TPSA) is 51.6 Å². The first-order chi connectivity index (χ1) is 10.7. The molecule has 3 aromatic rings. The summed E-state index contributed by atoms with van der Waals surface area (Å²) in [6.45, 7) is 8.12. The smallest absolute Gasteiger partial charge is 0.101 e. The summed E-state index contributed by atoms with van der Waals surface area (Å²) >= 11 is 3.36. The summed E-state index contributed by atoms with van der Waals surface area (Å²) in [6, 6.07) is 10.5. The van der Waals surface area contributed by atoms with Crippen molar-refractivity contribution in [2.45, 2.75) is 31.9 Å². The zero-order valence-electron chi connectivity index (χ0n) is 13.2. The standard InChI is InChI=1S/C15H13N3S2.C2H6/c1-9-3-5-12(15-14(9)11(7-16)8-17-15)18-20-13-6-4-10(2)19-13;1-2/h3-6,8,17-18H,1-2H3;1-2H3. The highest BCUT2D eigenvalue weighted by atomic mass is 32.2. The van der Waals surface area contributed by atoms with Gasteiger partial charge >= 0.3 is 0 Å². The van der Waals surface area contributed by atoms with Crippen LogP contribution in [0, 0.1) is 25.2 Å². The Morgan fingerprint density at radius 2 is 1.95 bits per heavy atom. The zero-order valence-corrected chi connectivity index (χ0v) is 14.8.